The van der Waals surface area contributed by atoms with Crippen molar-refractivity contribution in [2.75, 3.05) is 20.8 Å². The fraction of sp³-hybridized carbons (Fsp3) is 0.167. The summed E-state index contributed by atoms with van der Waals surface area (Å²) in [5.41, 5.74) is 5.13. The molecule has 1 aromatic heterocycles. The summed E-state index contributed by atoms with van der Waals surface area (Å²) in [6, 6.07) is 7.86. The molecule has 0 spiro atoms. The number of fused-ring (bicyclic) bond motifs is 1. The molecule has 34 heavy (non-hydrogen) atoms. The van der Waals surface area contributed by atoms with Gasteiger partial charge in [-0.2, -0.15) is 0 Å². The zero-order valence-electron chi connectivity index (χ0n) is 18.8. The zero-order chi connectivity index (χ0) is 24.4. The number of hydrogen-bond acceptors (Lipinski definition) is 6. The first-order chi connectivity index (χ1) is 16.3. The number of ether oxygens (including phenoxy) is 2. The van der Waals surface area contributed by atoms with E-state index in [4.69, 9.17) is 9.47 Å². The Morgan fingerprint density at radius 2 is 1.88 bits per heavy atom. The highest BCUT2D eigenvalue weighted by atomic mass is 19.1. The molecule has 3 aromatic rings. The Bertz CT molecular complexity index is 1280. The van der Waals surface area contributed by atoms with E-state index in [9.17, 15) is 19.2 Å². The summed E-state index contributed by atoms with van der Waals surface area (Å²) in [7, 11) is 1.08. The number of aromatic amines is 1. The van der Waals surface area contributed by atoms with Crippen molar-refractivity contribution < 1.29 is 28.7 Å². The fourth-order valence-electron chi connectivity index (χ4n) is 4.09. The number of amides is 1. The highest BCUT2D eigenvalue weighted by Crippen LogP contribution is 2.42. The van der Waals surface area contributed by atoms with Gasteiger partial charge in [0, 0.05) is 6.54 Å². The van der Waals surface area contributed by atoms with Gasteiger partial charge >= 0.3 is 7.12 Å². The number of nitrogens with zero attached hydrogens (tertiary/aromatic N) is 1. The molecule has 10 heteroatoms. The number of carbonyl (C=O) groups is 1. The molecule has 1 heterocycles. The second kappa shape index (κ2) is 9.54. The number of allylic oxidation sites excluding steroid dienone is 2. The van der Waals surface area contributed by atoms with Crippen LogP contribution in [0.15, 0.2) is 48.4 Å². The number of imidazole rings is 1. The Labute approximate surface area is 195 Å². The van der Waals surface area contributed by atoms with Crippen molar-refractivity contribution >= 4 is 35.7 Å². The molecule has 1 aliphatic carbocycles. The molecule has 4 rings (SSSR count). The summed E-state index contributed by atoms with van der Waals surface area (Å²) in [5.74, 6) is -0.185. The highest BCUT2D eigenvalue weighted by molar-refractivity contribution is 6.61. The molecule has 174 valence electrons. The molecule has 2 aromatic carbocycles. The van der Waals surface area contributed by atoms with Gasteiger partial charge in [-0.15, -0.1) is 0 Å². The van der Waals surface area contributed by atoms with E-state index in [-0.39, 0.29) is 35.2 Å². The van der Waals surface area contributed by atoms with Crippen molar-refractivity contribution in [3.63, 3.8) is 0 Å². The van der Waals surface area contributed by atoms with Gasteiger partial charge in [-0.1, -0.05) is 6.07 Å². The van der Waals surface area contributed by atoms with Gasteiger partial charge < -0.3 is 29.8 Å². The first kappa shape index (κ1) is 23.3. The van der Waals surface area contributed by atoms with Crippen LogP contribution in [-0.2, 0) is 0 Å². The number of H-pyrrole nitrogens is 1. The van der Waals surface area contributed by atoms with Gasteiger partial charge in [0.25, 0.3) is 5.91 Å². The van der Waals surface area contributed by atoms with Crippen LogP contribution < -0.4 is 20.3 Å². The minimum Gasteiger partial charge on any atom is -0.497 e. The maximum atomic E-state index is 14.1. The molecule has 1 amide bonds. The third-order valence-electron chi connectivity index (χ3n) is 5.76. The third-order valence-corrected chi connectivity index (χ3v) is 5.76. The quantitative estimate of drug-likeness (QED) is 0.399. The lowest BCUT2D eigenvalue weighted by molar-refractivity contribution is 0.0954. The van der Waals surface area contributed by atoms with Crippen LogP contribution in [-0.4, -0.2) is 53.8 Å². The lowest BCUT2D eigenvalue weighted by atomic mass is 9.78. The van der Waals surface area contributed by atoms with E-state index < -0.39 is 7.12 Å². The lowest BCUT2D eigenvalue weighted by Crippen LogP contribution is -2.32. The number of methoxy groups -OCH3 is 2. The molecular weight excluding hydrogens is 440 g/mol. The number of aromatic nitrogens is 2. The van der Waals surface area contributed by atoms with Crippen LogP contribution in [0.5, 0.6) is 11.5 Å². The number of rotatable bonds is 7. The first-order valence-electron chi connectivity index (χ1n) is 10.4. The Balaban J connectivity index is 1.76. The SMILES string of the molecule is COc1cc(C=C2C(C)=C(CNC(=O)c3cnc[nH]3)c3cc(F)ccc32)cc(OC)c1B(O)O. The molecule has 0 fully saturated rings. The number of halogens is 1. The smallest absolute Gasteiger partial charge is 0.496 e. The molecule has 8 nitrogen and oxygen atoms in total. The average Bonchev–Trinajstić information content (AvgIpc) is 3.44. The van der Waals surface area contributed by atoms with Crippen molar-refractivity contribution in [3.05, 3.63) is 76.6 Å². The Morgan fingerprint density at radius 3 is 2.47 bits per heavy atom. The van der Waals surface area contributed by atoms with E-state index in [0.717, 1.165) is 22.3 Å². The van der Waals surface area contributed by atoms with Crippen LogP contribution in [0.25, 0.3) is 17.2 Å². The van der Waals surface area contributed by atoms with E-state index in [1.54, 1.807) is 18.2 Å². The van der Waals surface area contributed by atoms with Gasteiger partial charge in [0.15, 0.2) is 0 Å². The first-order valence-corrected chi connectivity index (χ1v) is 10.4. The number of hydrogen-bond donors (Lipinski definition) is 4. The zero-order valence-corrected chi connectivity index (χ0v) is 18.8. The molecule has 0 aliphatic heterocycles. The molecule has 0 saturated heterocycles. The van der Waals surface area contributed by atoms with Crippen molar-refractivity contribution in [2.24, 2.45) is 0 Å². The summed E-state index contributed by atoms with van der Waals surface area (Å²) in [5, 5.41) is 22.3. The Kier molecular flexibility index (Phi) is 6.53. The molecule has 0 radical (unpaired) electrons. The fourth-order valence-corrected chi connectivity index (χ4v) is 4.09. The molecule has 4 N–H and O–H groups in total. The lowest BCUT2D eigenvalue weighted by Gasteiger charge is -2.14. The summed E-state index contributed by atoms with van der Waals surface area (Å²) in [6.45, 7) is 2.10. The van der Waals surface area contributed by atoms with E-state index in [1.165, 1.54) is 38.9 Å². The number of benzene rings is 2. The van der Waals surface area contributed by atoms with Gasteiger partial charge in [0.2, 0.25) is 0 Å². The van der Waals surface area contributed by atoms with Crippen LogP contribution in [0.3, 0.4) is 0 Å². The van der Waals surface area contributed by atoms with E-state index >= 15 is 0 Å². The maximum Gasteiger partial charge on any atom is 0.496 e. The predicted molar refractivity (Wildman–Crippen MR) is 127 cm³/mol. The number of nitrogens with one attached hydrogen (secondary N) is 2. The molecular formula is C24H23BFN3O5. The highest BCUT2D eigenvalue weighted by Gasteiger charge is 2.26. The van der Waals surface area contributed by atoms with Gasteiger partial charge in [0.05, 0.1) is 32.2 Å². The maximum absolute atomic E-state index is 14.1. The Morgan fingerprint density at radius 1 is 1.18 bits per heavy atom. The van der Waals surface area contributed by atoms with Crippen molar-refractivity contribution in [1.82, 2.24) is 15.3 Å². The van der Waals surface area contributed by atoms with Crippen LogP contribution in [0.4, 0.5) is 4.39 Å². The minimum absolute atomic E-state index is 0.121. The van der Waals surface area contributed by atoms with E-state index in [0.29, 0.717) is 16.8 Å². The summed E-state index contributed by atoms with van der Waals surface area (Å²) in [6.07, 6.45) is 4.73. The summed E-state index contributed by atoms with van der Waals surface area (Å²) in [4.78, 5) is 19.0. The van der Waals surface area contributed by atoms with Crippen molar-refractivity contribution in [1.29, 1.82) is 0 Å². The largest absolute Gasteiger partial charge is 0.497 e. The van der Waals surface area contributed by atoms with Crippen molar-refractivity contribution in [2.45, 2.75) is 6.92 Å². The predicted octanol–water partition coefficient (Wildman–Crippen LogP) is 2.00. The summed E-state index contributed by atoms with van der Waals surface area (Å²) >= 11 is 0. The molecule has 0 saturated carbocycles. The summed E-state index contributed by atoms with van der Waals surface area (Å²) < 4.78 is 24.8. The van der Waals surface area contributed by atoms with E-state index in [2.05, 4.69) is 15.3 Å². The van der Waals surface area contributed by atoms with Gasteiger partial charge in [-0.05, 0) is 70.7 Å². The third kappa shape index (κ3) is 4.33. The minimum atomic E-state index is -1.77. The van der Waals surface area contributed by atoms with Crippen LogP contribution in [0.1, 0.15) is 34.1 Å². The monoisotopic (exact) mass is 463 g/mol. The normalized spacial score (nSPS) is 13.8. The molecule has 0 bridgehead atoms. The van der Waals surface area contributed by atoms with E-state index in [1.807, 2.05) is 13.0 Å². The standard InChI is InChI=1S/C24H23BFN3O5/c1-13-17(6-14-7-21(33-2)23(25(31)32)22(8-14)34-3)16-5-4-15(26)9-18(16)19(13)10-28-24(30)20-11-27-12-29-20/h4-9,11-12,31-32H,10H2,1-3H3,(H,27,29)(H,28,30). The van der Waals surface area contributed by atoms with Gasteiger partial charge in [-0.3, -0.25) is 4.79 Å². The molecule has 0 atom stereocenters. The van der Waals surface area contributed by atoms with Crippen molar-refractivity contribution in [3.8, 4) is 11.5 Å². The van der Waals surface area contributed by atoms with Crippen LogP contribution in [0.2, 0.25) is 0 Å². The second-order valence-electron chi connectivity index (χ2n) is 7.71. The average molecular weight is 463 g/mol. The van der Waals surface area contributed by atoms with Gasteiger partial charge in [0.1, 0.15) is 23.0 Å². The van der Waals surface area contributed by atoms with Gasteiger partial charge in [-0.25, -0.2) is 9.37 Å². The second-order valence-corrected chi connectivity index (χ2v) is 7.71. The van der Waals surface area contributed by atoms with Crippen LogP contribution >= 0.6 is 0 Å². The Hall–Kier alpha value is -3.89. The molecule has 1 aliphatic rings. The number of carbonyl (C=O) groups excluding carboxylic acids is 1. The molecule has 0 unspecified atom stereocenters. The topological polar surface area (TPSA) is 117 Å². The van der Waals surface area contributed by atoms with Crippen LogP contribution in [0, 0.1) is 5.82 Å².